The van der Waals surface area contributed by atoms with Crippen LogP contribution in [0.1, 0.15) is 58.1 Å². The fourth-order valence-electron chi connectivity index (χ4n) is 4.15. The monoisotopic (exact) mass is 385 g/mol. The molecule has 2 aromatic rings. The number of rotatable bonds is 6. The van der Waals surface area contributed by atoms with E-state index in [1.54, 1.807) is 4.68 Å². The highest BCUT2D eigenvalue weighted by Gasteiger charge is 2.25. The second-order valence-electron chi connectivity index (χ2n) is 8.05. The molecule has 6 heteroatoms. The first-order valence-corrected chi connectivity index (χ1v) is 10.2. The maximum Gasteiger partial charge on any atom is 0.295 e. The van der Waals surface area contributed by atoms with Crippen molar-refractivity contribution in [3.8, 4) is 5.69 Å². The lowest BCUT2D eigenvalue weighted by atomic mass is 9.88. The molecule has 1 aliphatic carbocycles. The predicted molar refractivity (Wildman–Crippen MR) is 111 cm³/mol. The molecular weight excluding hydrogens is 354 g/mol. The van der Waals surface area contributed by atoms with Gasteiger partial charge in [0.15, 0.2) is 0 Å². The number of nitrogens with zero attached hydrogens (tertiary/aromatic N) is 2. The molecule has 0 spiro atoms. The number of anilines is 1. The van der Waals surface area contributed by atoms with Gasteiger partial charge in [0.25, 0.3) is 11.5 Å². The van der Waals surface area contributed by atoms with Gasteiger partial charge < -0.3 is 10.1 Å². The Morgan fingerprint density at radius 1 is 1.21 bits per heavy atom. The first kappa shape index (κ1) is 20.4. The summed E-state index contributed by atoms with van der Waals surface area (Å²) in [7, 11) is 1.85. The number of para-hydroxylation sites is 1. The van der Waals surface area contributed by atoms with Crippen molar-refractivity contribution < 1.29 is 9.53 Å². The highest BCUT2D eigenvalue weighted by molar-refractivity contribution is 5.92. The van der Waals surface area contributed by atoms with Crippen LogP contribution in [0.4, 0.5) is 5.69 Å². The van der Waals surface area contributed by atoms with Crippen molar-refractivity contribution in [2.24, 2.45) is 13.0 Å². The average Bonchev–Trinajstić information content (AvgIpc) is 2.91. The van der Waals surface area contributed by atoms with Crippen molar-refractivity contribution in [2.75, 3.05) is 11.9 Å². The molecule has 2 atom stereocenters. The Kier molecular flexibility index (Phi) is 6.39. The summed E-state index contributed by atoms with van der Waals surface area (Å²) < 4.78 is 9.28. The Morgan fingerprint density at radius 2 is 1.89 bits per heavy atom. The van der Waals surface area contributed by atoms with Gasteiger partial charge in [-0.05, 0) is 36.8 Å². The smallest absolute Gasteiger partial charge is 0.295 e. The van der Waals surface area contributed by atoms with Crippen molar-refractivity contribution in [1.29, 1.82) is 0 Å². The number of aromatic nitrogens is 2. The van der Waals surface area contributed by atoms with Crippen LogP contribution in [0.3, 0.4) is 0 Å². The van der Waals surface area contributed by atoms with E-state index >= 15 is 0 Å². The van der Waals surface area contributed by atoms with Crippen LogP contribution in [-0.2, 0) is 16.6 Å². The van der Waals surface area contributed by atoms with E-state index in [1.165, 1.54) is 6.42 Å². The molecule has 0 aliphatic heterocycles. The van der Waals surface area contributed by atoms with E-state index in [9.17, 15) is 9.59 Å². The number of amides is 1. The van der Waals surface area contributed by atoms with Crippen LogP contribution in [0, 0.1) is 5.92 Å². The quantitative estimate of drug-likeness (QED) is 0.822. The average molecular weight is 386 g/mol. The molecule has 1 aliphatic rings. The second kappa shape index (κ2) is 8.78. The minimum Gasteiger partial charge on any atom is -0.368 e. The zero-order chi connectivity index (χ0) is 20.3. The molecule has 0 radical (unpaired) electrons. The fraction of sp³-hybridized carbons (Fsp3) is 0.545. The van der Waals surface area contributed by atoms with Crippen molar-refractivity contribution >= 4 is 11.6 Å². The number of hydrogen-bond acceptors (Lipinski definition) is 3. The van der Waals surface area contributed by atoms with Gasteiger partial charge in [-0.2, -0.15) is 0 Å². The Hall–Kier alpha value is -2.34. The minimum absolute atomic E-state index is 0.0216. The molecular formula is C22H31N3O3. The van der Waals surface area contributed by atoms with Crippen molar-refractivity contribution in [2.45, 2.75) is 58.5 Å². The summed E-state index contributed by atoms with van der Waals surface area (Å²) in [6.07, 6.45) is 4.64. The highest BCUT2D eigenvalue weighted by atomic mass is 16.5. The second-order valence-corrected chi connectivity index (χ2v) is 8.05. The van der Waals surface area contributed by atoms with E-state index in [0.717, 1.165) is 30.6 Å². The van der Waals surface area contributed by atoms with Crippen molar-refractivity contribution in [3.63, 3.8) is 0 Å². The number of nitrogens with one attached hydrogen (secondary N) is 1. The van der Waals surface area contributed by atoms with Crippen LogP contribution in [0.25, 0.3) is 5.69 Å². The summed E-state index contributed by atoms with van der Waals surface area (Å²) in [6, 6.07) is 9.45. The third kappa shape index (κ3) is 4.22. The topological polar surface area (TPSA) is 65.3 Å². The summed E-state index contributed by atoms with van der Waals surface area (Å²) in [6.45, 7) is 6.18. The van der Waals surface area contributed by atoms with Crippen LogP contribution in [0.15, 0.2) is 35.1 Å². The zero-order valence-corrected chi connectivity index (χ0v) is 17.3. The van der Waals surface area contributed by atoms with Gasteiger partial charge in [0, 0.05) is 7.05 Å². The number of carbonyl (C=O) groups is 1. The third-order valence-electron chi connectivity index (χ3n) is 5.58. The molecule has 3 rings (SSSR count). The Labute approximate surface area is 166 Å². The molecule has 1 heterocycles. The minimum atomic E-state index is -0.275. The lowest BCUT2D eigenvalue weighted by Gasteiger charge is -2.28. The molecule has 1 fully saturated rings. The lowest BCUT2D eigenvalue weighted by molar-refractivity contribution is -0.124. The van der Waals surface area contributed by atoms with Gasteiger partial charge in [0.05, 0.1) is 17.5 Å². The molecule has 1 aromatic carbocycles. The Morgan fingerprint density at radius 3 is 2.54 bits per heavy atom. The molecule has 28 heavy (non-hydrogen) atoms. The SMILES string of the molecule is CC(C)c1c(NC(=O)CO[C@H]2CCCC[C@@H]2C)c(=O)n(-c2ccccc2)n1C. The maximum atomic E-state index is 13.1. The first-order chi connectivity index (χ1) is 13.4. The van der Waals surface area contributed by atoms with Crippen LogP contribution in [-0.4, -0.2) is 28.0 Å². The largest absolute Gasteiger partial charge is 0.368 e. The van der Waals surface area contributed by atoms with Crippen LogP contribution in [0.2, 0.25) is 0 Å². The van der Waals surface area contributed by atoms with Crippen molar-refractivity contribution in [3.05, 3.63) is 46.4 Å². The maximum absolute atomic E-state index is 13.1. The standard InChI is InChI=1S/C22H31N3O3/c1-15(2)21-20(22(27)25(24(21)4)17-11-6-5-7-12-17)23-19(26)14-28-18-13-9-8-10-16(18)3/h5-7,11-12,15-16,18H,8-10,13-14H2,1-4H3,(H,23,26)/t16-,18-/m0/s1. The normalized spacial score (nSPS) is 19.8. The van der Waals surface area contributed by atoms with E-state index in [1.807, 2.05) is 55.9 Å². The number of ether oxygens (including phenoxy) is 1. The number of carbonyl (C=O) groups excluding carboxylic acids is 1. The van der Waals surface area contributed by atoms with Gasteiger partial charge in [0.2, 0.25) is 0 Å². The zero-order valence-electron chi connectivity index (χ0n) is 17.3. The van der Waals surface area contributed by atoms with Gasteiger partial charge >= 0.3 is 0 Å². The summed E-state index contributed by atoms with van der Waals surface area (Å²) in [5.41, 5.74) is 1.68. The Bertz CT molecular complexity index is 867. The Balaban J connectivity index is 1.81. The molecule has 1 N–H and O–H groups in total. The number of hydrogen-bond donors (Lipinski definition) is 1. The van der Waals surface area contributed by atoms with E-state index < -0.39 is 0 Å². The summed E-state index contributed by atoms with van der Waals surface area (Å²) in [4.78, 5) is 25.6. The van der Waals surface area contributed by atoms with Crippen molar-refractivity contribution in [1.82, 2.24) is 9.36 Å². The molecule has 152 valence electrons. The summed E-state index contributed by atoms with van der Waals surface area (Å²) in [5.74, 6) is 0.277. The third-order valence-corrected chi connectivity index (χ3v) is 5.58. The molecule has 0 bridgehead atoms. The predicted octanol–water partition coefficient (Wildman–Crippen LogP) is 3.83. The van der Waals surface area contributed by atoms with Gasteiger partial charge in [-0.1, -0.05) is 51.8 Å². The van der Waals surface area contributed by atoms with E-state index in [4.69, 9.17) is 4.74 Å². The molecule has 1 saturated carbocycles. The van der Waals surface area contributed by atoms with Gasteiger partial charge in [0.1, 0.15) is 12.3 Å². The van der Waals surface area contributed by atoms with Gasteiger partial charge in [-0.25, -0.2) is 4.68 Å². The highest BCUT2D eigenvalue weighted by Crippen LogP contribution is 2.26. The molecule has 6 nitrogen and oxygen atoms in total. The molecule has 0 unspecified atom stereocenters. The van der Waals surface area contributed by atoms with Crippen LogP contribution >= 0.6 is 0 Å². The molecule has 1 aromatic heterocycles. The molecule has 0 saturated heterocycles. The van der Waals surface area contributed by atoms with Crippen LogP contribution in [0.5, 0.6) is 0 Å². The van der Waals surface area contributed by atoms with Gasteiger partial charge in [-0.3, -0.25) is 14.3 Å². The van der Waals surface area contributed by atoms with Gasteiger partial charge in [-0.15, -0.1) is 0 Å². The first-order valence-electron chi connectivity index (χ1n) is 10.2. The van der Waals surface area contributed by atoms with Crippen LogP contribution < -0.4 is 10.9 Å². The summed E-state index contributed by atoms with van der Waals surface area (Å²) >= 11 is 0. The lowest BCUT2D eigenvalue weighted by Crippen LogP contribution is -2.31. The number of benzene rings is 1. The van der Waals surface area contributed by atoms with E-state index in [-0.39, 0.29) is 30.1 Å². The summed E-state index contributed by atoms with van der Waals surface area (Å²) in [5, 5.41) is 2.83. The van der Waals surface area contributed by atoms with E-state index in [2.05, 4.69) is 12.2 Å². The fourth-order valence-corrected chi connectivity index (χ4v) is 4.15. The van der Waals surface area contributed by atoms with E-state index in [0.29, 0.717) is 11.6 Å². The molecule has 1 amide bonds.